The van der Waals surface area contributed by atoms with E-state index in [0.29, 0.717) is 21.5 Å². The van der Waals surface area contributed by atoms with Gasteiger partial charge >= 0.3 is 0 Å². The molecule has 0 aliphatic heterocycles. The molecule has 4 aromatic rings. The normalized spacial score (nSPS) is 10.5. The summed E-state index contributed by atoms with van der Waals surface area (Å²) in [7, 11) is 3.00. The van der Waals surface area contributed by atoms with E-state index in [9.17, 15) is 19.2 Å². The number of pyridine rings is 2. The molecule has 0 aliphatic carbocycles. The Morgan fingerprint density at radius 3 is 1.77 bits per heavy atom. The summed E-state index contributed by atoms with van der Waals surface area (Å²) >= 11 is 0. The highest BCUT2D eigenvalue weighted by Crippen LogP contribution is 1.99. The lowest BCUT2D eigenvalue weighted by Gasteiger charge is -1.98. The van der Waals surface area contributed by atoms with Gasteiger partial charge in [0, 0.05) is 38.9 Å². The van der Waals surface area contributed by atoms with E-state index in [1.54, 1.807) is 0 Å². The molecule has 10 nitrogen and oxygen atoms in total. The molecule has 0 fully saturated rings. The van der Waals surface area contributed by atoms with Crippen LogP contribution in [0.3, 0.4) is 0 Å². The van der Waals surface area contributed by atoms with Gasteiger partial charge in [-0.3, -0.25) is 48.7 Å². The fourth-order valence-electron chi connectivity index (χ4n) is 2.41. The van der Waals surface area contributed by atoms with Crippen molar-refractivity contribution in [1.82, 2.24) is 29.5 Å². The first kappa shape index (κ1) is 17.0. The van der Waals surface area contributed by atoms with Crippen LogP contribution in [0.15, 0.2) is 56.1 Å². The van der Waals surface area contributed by atoms with Crippen LogP contribution in [-0.2, 0) is 14.1 Å². The summed E-state index contributed by atoms with van der Waals surface area (Å²) in [6.07, 6.45) is 5.75. The standard InChI is InChI=1S/2C8H7N3O2/c1-11-8(13)5-2-3-9-4-6(5)7(12)10-11;1-11-8(13)6-4-9-3-2-5(6)7(12)10-11/h2*2-4H,1H3,(H,10,12). The molecule has 26 heavy (non-hydrogen) atoms. The number of fused-ring (bicyclic) bond motifs is 2. The van der Waals surface area contributed by atoms with Crippen LogP contribution in [0, 0.1) is 0 Å². The molecule has 0 bridgehead atoms. The highest BCUT2D eigenvalue weighted by molar-refractivity contribution is 5.79. The molecule has 0 saturated heterocycles. The summed E-state index contributed by atoms with van der Waals surface area (Å²) in [5.41, 5.74) is -1.05. The molecule has 132 valence electrons. The number of aromatic amines is 2. The number of nitrogens with zero attached hydrogens (tertiary/aromatic N) is 4. The molecule has 4 aromatic heterocycles. The molecule has 2 N–H and O–H groups in total. The fourth-order valence-corrected chi connectivity index (χ4v) is 2.41. The number of aromatic nitrogens is 6. The number of nitrogens with one attached hydrogen (secondary N) is 2. The zero-order valence-corrected chi connectivity index (χ0v) is 13.9. The van der Waals surface area contributed by atoms with E-state index in [-0.39, 0.29) is 22.2 Å². The van der Waals surface area contributed by atoms with Crippen LogP contribution >= 0.6 is 0 Å². The van der Waals surface area contributed by atoms with Crippen LogP contribution in [-0.4, -0.2) is 29.5 Å². The van der Waals surface area contributed by atoms with Crippen molar-refractivity contribution >= 4 is 21.5 Å². The topological polar surface area (TPSA) is 136 Å². The fraction of sp³-hybridized carbons (Fsp3) is 0.125. The maximum absolute atomic E-state index is 11.4. The molecule has 0 unspecified atom stereocenters. The summed E-state index contributed by atoms with van der Waals surface area (Å²) < 4.78 is 2.30. The van der Waals surface area contributed by atoms with Gasteiger partial charge in [0.1, 0.15) is 0 Å². The Morgan fingerprint density at radius 1 is 0.692 bits per heavy atom. The first-order valence-corrected chi connectivity index (χ1v) is 7.46. The molecule has 4 rings (SSSR count). The second-order valence-electron chi connectivity index (χ2n) is 5.45. The van der Waals surface area contributed by atoms with E-state index in [0.717, 1.165) is 9.36 Å². The minimum Gasteiger partial charge on any atom is -0.267 e. The largest absolute Gasteiger partial charge is 0.274 e. The van der Waals surface area contributed by atoms with Gasteiger partial charge in [-0.2, -0.15) is 0 Å². The summed E-state index contributed by atoms with van der Waals surface area (Å²) in [5.74, 6) is 0. The molecular weight excluding hydrogens is 340 g/mol. The lowest BCUT2D eigenvalue weighted by atomic mass is 10.2. The zero-order chi connectivity index (χ0) is 18.8. The summed E-state index contributed by atoms with van der Waals surface area (Å²) in [4.78, 5) is 53.1. The van der Waals surface area contributed by atoms with Crippen molar-refractivity contribution in [2.45, 2.75) is 0 Å². The average Bonchev–Trinajstić information content (AvgIpc) is 2.65. The maximum atomic E-state index is 11.4. The average molecular weight is 354 g/mol. The zero-order valence-electron chi connectivity index (χ0n) is 13.9. The molecule has 0 aliphatic rings. The molecule has 0 aromatic carbocycles. The van der Waals surface area contributed by atoms with Gasteiger partial charge in [-0.25, -0.2) is 0 Å². The maximum Gasteiger partial charge on any atom is 0.274 e. The van der Waals surface area contributed by atoms with E-state index >= 15 is 0 Å². The monoisotopic (exact) mass is 354 g/mol. The van der Waals surface area contributed by atoms with Gasteiger partial charge in [0.2, 0.25) is 0 Å². The van der Waals surface area contributed by atoms with Crippen molar-refractivity contribution in [3.63, 3.8) is 0 Å². The molecule has 0 spiro atoms. The molecule has 0 saturated carbocycles. The third-order valence-electron chi connectivity index (χ3n) is 3.74. The van der Waals surface area contributed by atoms with Gasteiger partial charge in [0.25, 0.3) is 22.2 Å². The predicted octanol–water partition coefficient (Wildman–Crippen LogP) is -0.756. The Hall–Kier alpha value is -3.82. The predicted molar refractivity (Wildman–Crippen MR) is 95.2 cm³/mol. The lowest BCUT2D eigenvalue weighted by molar-refractivity contribution is 0.704. The van der Waals surface area contributed by atoms with E-state index in [4.69, 9.17) is 0 Å². The summed E-state index contributed by atoms with van der Waals surface area (Å²) in [6.45, 7) is 0. The van der Waals surface area contributed by atoms with Crippen molar-refractivity contribution in [3.05, 3.63) is 78.3 Å². The van der Waals surface area contributed by atoms with Crippen LogP contribution < -0.4 is 22.2 Å². The molecule has 10 heteroatoms. The van der Waals surface area contributed by atoms with E-state index in [2.05, 4.69) is 20.2 Å². The van der Waals surface area contributed by atoms with Crippen molar-refractivity contribution < 1.29 is 0 Å². The van der Waals surface area contributed by atoms with Crippen LogP contribution in [0.4, 0.5) is 0 Å². The minimum absolute atomic E-state index is 0.225. The van der Waals surface area contributed by atoms with Crippen LogP contribution in [0.5, 0.6) is 0 Å². The van der Waals surface area contributed by atoms with Gasteiger partial charge in [-0.1, -0.05) is 0 Å². The third kappa shape index (κ3) is 2.95. The molecule has 0 amide bonds. The van der Waals surface area contributed by atoms with Gasteiger partial charge in [-0.15, -0.1) is 0 Å². The Balaban J connectivity index is 0.000000151. The second-order valence-corrected chi connectivity index (χ2v) is 5.45. The molecule has 0 radical (unpaired) electrons. The van der Waals surface area contributed by atoms with Crippen LogP contribution in [0.1, 0.15) is 0 Å². The summed E-state index contributed by atoms with van der Waals surface area (Å²) in [5, 5.41) is 6.22. The van der Waals surface area contributed by atoms with Gasteiger partial charge in [0.15, 0.2) is 0 Å². The van der Waals surface area contributed by atoms with Gasteiger partial charge < -0.3 is 0 Å². The molecule has 0 atom stereocenters. The third-order valence-corrected chi connectivity index (χ3v) is 3.74. The highest BCUT2D eigenvalue weighted by Gasteiger charge is 2.04. The van der Waals surface area contributed by atoms with E-state index < -0.39 is 0 Å². The number of H-pyrrole nitrogens is 2. The Kier molecular flexibility index (Phi) is 4.31. The van der Waals surface area contributed by atoms with E-state index in [1.807, 2.05) is 0 Å². The highest BCUT2D eigenvalue weighted by atomic mass is 16.2. The number of rotatable bonds is 0. The number of aryl methyl sites for hydroxylation is 2. The van der Waals surface area contributed by atoms with Crippen molar-refractivity contribution in [2.24, 2.45) is 14.1 Å². The van der Waals surface area contributed by atoms with Gasteiger partial charge in [-0.05, 0) is 12.1 Å². The Bertz CT molecular complexity index is 1240. The van der Waals surface area contributed by atoms with Gasteiger partial charge in [0.05, 0.1) is 21.5 Å². The van der Waals surface area contributed by atoms with Crippen molar-refractivity contribution in [1.29, 1.82) is 0 Å². The first-order chi connectivity index (χ1) is 12.4. The Labute approximate surface area is 144 Å². The SMILES string of the molecule is Cn1[nH]c(=O)c2ccncc2c1=O.Cn1[nH]c(=O)c2cnccc2c1=O. The molecular formula is C16H14N6O4. The smallest absolute Gasteiger partial charge is 0.267 e. The lowest BCUT2D eigenvalue weighted by Crippen LogP contribution is -2.27. The number of hydrogen-bond acceptors (Lipinski definition) is 6. The first-order valence-electron chi connectivity index (χ1n) is 7.46. The number of hydrogen-bond donors (Lipinski definition) is 2. The minimum atomic E-state index is -0.301. The van der Waals surface area contributed by atoms with Crippen molar-refractivity contribution in [3.8, 4) is 0 Å². The quantitative estimate of drug-likeness (QED) is 0.426. The van der Waals surface area contributed by atoms with Crippen LogP contribution in [0.25, 0.3) is 21.5 Å². The Morgan fingerprint density at radius 2 is 1.15 bits per heavy atom. The summed E-state index contributed by atoms with van der Waals surface area (Å²) in [6, 6.07) is 3.06. The second kappa shape index (κ2) is 6.59. The molecule has 4 heterocycles. The van der Waals surface area contributed by atoms with Crippen LogP contribution in [0.2, 0.25) is 0 Å². The van der Waals surface area contributed by atoms with Crippen molar-refractivity contribution in [2.75, 3.05) is 0 Å². The van der Waals surface area contributed by atoms with E-state index in [1.165, 1.54) is 51.0 Å².